The molecule has 2 aromatic rings. The molecule has 0 radical (unpaired) electrons. The van der Waals surface area contributed by atoms with E-state index in [1.807, 2.05) is 37.3 Å². The highest BCUT2D eigenvalue weighted by molar-refractivity contribution is 7.89. The van der Waals surface area contributed by atoms with Crippen LogP contribution in [0.2, 0.25) is 0 Å². The van der Waals surface area contributed by atoms with Gasteiger partial charge in [0.25, 0.3) is 0 Å². The molecule has 0 amide bonds. The fourth-order valence-electron chi connectivity index (χ4n) is 2.81. The summed E-state index contributed by atoms with van der Waals surface area (Å²) in [5.41, 5.74) is 0. The van der Waals surface area contributed by atoms with E-state index in [4.69, 9.17) is 0 Å². The van der Waals surface area contributed by atoms with Crippen LogP contribution in [0.4, 0.5) is 0 Å². The van der Waals surface area contributed by atoms with E-state index in [0.29, 0.717) is 4.90 Å². The standard InChI is InChI=1S/C16H20N2O2S.ClH/c1-12-16(7-4-10-17-12)18-21(19,20)15-9-8-13-5-2-3-6-14(13)11-15;/h2-3,5-6,8-9,11-12,16-18H,4,7,10H2,1H3;1H. The van der Waals surface area contributed by atoms with Crippen LogP contribution in [0.5, 0.6) is 0 Å². The van der Waals surface area contributed by atoms with E-state index in [0.717, 1.165) is 30.2 Å². The first-order chi connectivity index (χ1) is 10.1. The summed E-state index contributed by atoms with van der Waals surface area (Å²) in [5.74, 6) is 0. The van der Waals surface area contributed by atoms with Crippen LogP contribution in [-0.4, -0.2) is 27.0 Å². The molecule has 0 aromatic heterocycles. The molecule has 1 aliphatic rings. The predicted molar refractivity (Wildman–Crippen MR) is 92.0 cm³/mol. The summed E-state index contributed by atoms with van der Waals surface area (Å²) in [6.45, 7) is 2.97. The Hall–Kier alpha value is -1.14. The molecule has 0 bridgehead atoms. The number of hydrogen-bond acceptors (Lipinski definition) is 3. The summed E-state index contributed by atoms with van der Waals surface area (Å²) in [5, 5.41) is 5.29. The summed E-state index contributed by atoms with van der Waals surface area (Å²) in [4.78, 5) is 0.332. The molecular weight excluding hydrogens is 320 g/mol. The maximum absolute atomic E-state index is 12.6. The Morgan fingerprint density at radius 1 is 1.14 bits per heavy atom. The number of sulfonamides is 1. The van der Waals surface area contributed by atoms with Crippen molar-refractivity contribution in [1.29, 1.82) is 0 Å². The van der Waals surface area contributed by atoms with Gasteiger partial charge in [0.1, 0.15) is 0 Å². The summed E-state index contributed by atoms with van der Waals surface area (Å²) in [6, 6.07) is 13.1. The number of rotatable bonds is 3. The van der Waals surface area contributed by atoms with Gasteiger partial charge in [-0.1, -0.05) is 30.3 Å². The summed E-state index contributed by atoms with van der Waals surface area (Å²) < 4.78 is 27.9. The van der Waals surface area contributed by atoms with Crippen LogP contribution in [0.25, 0.3) is 10.8 Å². The van der Waals surface area contributed by atoms with Gasteiger partial charge in [0, 0.05) is 12.1 Å². The van der Waals surface area contributed by atoms with Crippen molar-refractivity contribution in [3.8, 4) is 0 Å². The lowest BCUT2D eigenvalue weighted by atomic mass is 10.0. The zero-order chi connectivity index (χ0) is 14.9. The van der Waals surface area contributed by atoms with Crippen LogP contribution in [0.3, 0.4) is 0 Å². The van der Waals surface area contributed by atoms with Gasteiger partial charge in [-0.25, -0.2) is 13.1 Å². The largest absolute Gasteiger partial charge is 0.313 e. The average molecular weight is 341 g/mol. The van der Waals surface area contributed by atoms with E-state index in [-0.39, 0.29) is 24.5 Å². The lowest BCUT2D eigenvalue weighted by molar-refractivity contribution is 0.349. The number of hydrogen-bond donors (Lipinski definition) is 2. The van der Waals surface area contributed by atoms with Crippen molar-refractivity contribution in [2.75, 3.05) is 6.54 Å². The van der Waals surface area contributed by atoms with E-state index in [2.05, 4.69) is 10.0 Å². The molecule has 1 heterocycles. The number of piperidine rings is 1. The number of benzene rings is 2. The molecule has 1 saturated heterocycles. The SMILES string of the molecule is CC1NCCCC1NS(=O)(=O)c1ccc2ccccc2c1.Cl. The Bertz CT molecular complexity index is 749. The van der Waals surface area contributed by atoms with Crippen LogP contribution in [-0.2, 0) is 10.0 Å². The van der Waals surface area contributed by atoms with Gasteiger partial charge < -0.3 is 5.32 Å². The molecule has 1 fully saturated rings. The summed E-state index contributed by atoms with van der Waals surface area (Å²) in [7, 11) is -3.47. The fraction of sp³-hybridized carbons (Fsp3) is 0.375. The molecule has 2 atom stereocenters. The van der Waals surface area contributed by atoms with Crippen molar-refractivity contribution < 1.29 is 8.42 Å². The monoisotopic (exact) mass is 340 g/mol. The lowest BCUT2D eigenvalue weighted by Crippen LogP contribution is -2.51. The quantitative estimate of drug-likeness (QED) is 0.903. The normalized spacial score (nSPS) is 22.2. The third kappa shape index (κ3) is 3.60. The number of halogens is 1. The Kier molecular flexibility index (Phi) is 5.45. The van der Waals surface area contributed by atoms with Crippen molar-refractivity contribution >= 4 is 33.2 Å². The van der Waals surface area contributed by atoms with Gasteiger partial charge in [0.15, 0.2) is 0 Å². The van der Waals surface area contributed by atoms with Gasteiger partial charge in [-0.2, -0.15) is 0 Å². The second-order valence-corrected chi connectivity index (χ2v) is 7.34. The predicted octanol–water partition coefficient (Wildman–Crippen LogP) is 2.68. The van der Waals surface area contributed by atoms with Gasteiger partial charge in [-0.15, -0.1) is 12.4 Å². The minimum Gasteiger partial charge on any atom is -0.313 e. The van der Waals surface area contributed by atoms with E-state index in [9.17, 15) is 8.42 Å². The molecule has 2 aromatic carbocycles. The van der Waals surface area contributed by atoms with Gasteiger partial charge in [-0.05, 0) is 49.2 Å². The second kappa shape index (κ2) is 6.96. The maximum atomic E-state index is 12.6. The van der Waals surface area contributed by atoms with Crippen molar-refractivity contribution in [2.24, 2.45) is 0 Å². The van der Waals surface area contributed by atoms with E-state index >= 15 is 0 Å². The number of fused-ring (bicyclic) bond motifs is 1. The molecular formula is C16H21ClN2O2S. The minimum atomic E-state index is -3.47. The Labute approximate surface area is 137 Å². The topological polar surface area (TPSA) is 58.2 Å². The minimum absolute atomic E-state index is 0. The molecule has 4 nitrogen and oxygen atoms in total. The highest BCUT2D eigenvalue weighted by Crippen LogP contribution is 2.20. The van der Waals surface area contributed by atoms with Crippen LogP contribution < -0.4 is 10.0 Å². The third-order valence-electron chi connectivity index (χ3n) is 4.10. The smallest absolute Gasteiger partial charge is 0.240 e. The first-order valence-electron chi connectivity index (χ1n) is 7.31. The van der Waals surface area contributed by atoms with Crippen LogP contribution >= 0.6 is 12.4 Å². The number of nitrogens with one attached hydrogen (secondary N) is 2. The summed E-state index contributed by atoms with van der Waals surface area (Å²) in [6.07, 6.45) is 1.87. The molecule has 3 rings (SSSR count). The first-order valence-corrected chi connectivity index (χ1v) is 8.79. The zero-order valence-corrected chi connectivity index (χ0v) is 14.1. The van der Waals surface area contributed by atoms with Gasteiger partial charge >= 0.3 is 0 Å². The molecule has 0 saturated carbocycles. The first kappa shape index (κ1) is 17.2. The highest BCUT2D eigenvalue weighted by Gasteiger charge is 2.26. The Balaban J connectivity index is 0.00000176. The van der Waals surface area contributed by atoms with E-state index < -0.39 is 10.0 Å². The zero-order valence-electron chi connectivity index (χ0n) is 12.5. The molecule has 120 valence electrons. The van der Waals surface area contributed by atoms with Crippen LogP contribution in [0.1, 0.15) is 19.8 Å². The molecule has 0 spiro atoms. The molecule has 2 N–H and O–H groups in total. The Morgan fingerprint density at radius 3 is 2.59 bits per heavy atom. The summed E-state index contributed by atoms with van der Waals surface area (Å²) >= 11 is 0. The lowest BCUT2D eigenvalue weighted by Gasteiger charge is -2.30. The van der Waals surface area contributed by atoms with Crippen molar-refractivity contribution in [2.45, 2.75) is 36.7 Å². The van der Waals surface area contributed by atoms with Crippen LogP contribution in [0, 0.1) is 0 Å². The van der Waals surface area contributed by atoms with E-state index in [1.54, 1.807) is 12.1 Å². The van der Waals surface area contributed by atoms with Gasteiger partial charge in [0.05, 0.1) is 4.90 Å². The van der Waals surface area contributed by atoms with Gasteiger partial charge in [-0.3, -0.25) is 0 Å². The molecule has 22 heavy (non-hydrogen) atoms. The van der Waals surface area contributed by atoms with Crippen LogP contribution in [0.15, 0.2) is 47.4 Å². The maximum Gasteiger partial charge on any atom is 0.240 e. The highest BCUT2D eigenvalue weighted by atomic mass is 35.5. The van der Waals surface area contributed by atoms with Crippen molar-refractivity contribution in [3.63, 3.8) is 0 Å². The van der Waals surface area contributed by atoms with Crippen molar-refractivity contribution in [1.82, 2.24) is 10.0 Å². The average Bonchev–Trinajstić information content (AvgIpc) is 2.49. The fourth-order valence-corrected chi connectivity index (χ4v) is 4.19. The molecule has 6 heteroatoms. The van der Waals surface area contributed by atoms with Crippen molar-refractivity contribution in [3.05, 3.63) is 42.5 Å². The second-order valence-electron chi connectivity index (χ2n) is 5.62. The molecule has 2 unspecified atom stereocenters. The molecule has 0 aliphatic carbocycles. The molecule has 1 aliphatic heterocycles. The van der Waals surface area contributed by atoms with E-state index in [1.165, 1.54) is 0 Å². The Morgan fingerprint density at radius 2 is 1.86 bits per heavy atom. The third-order valence-corrected chi connectivity index (χ3v) is 5.59. The van der Waals surface area contributed by atoms with Gasteiger partial charge in [0.2, 0.25) is 10.0 Å².